The van der Waals surface area contributed by atoms with Gasteiger partial charge >= 0.3 is 0 Å². The predicted molar refractivity (Wildman–Crippen MR) is 118 cm³/mol. The molecule has 0 aliphatic heterocycles. The molecule has 3 aromatic rings. The molecule has 31 heavy (non-hydrogen) atoms. The summed E-state index contributed by atoms with van der Waals surface area (Å²) < 4.78 is 25.6. The summed E-state index contributed by atoms with van der Waals surface area (Å²) >= 11 is 0. The number of rotatable bonds is 7. The van der Waals surface area contributed by atoms with Crippen molar-refractivity contribution in [3.05, 3.63) is 47.2 Å². The van der Waals surface area contributed by atoms with Gasteiger partial charge in [-0.3, -0.25) is 0 Å². The standard InChI is InChI=1S/C21H23N7O2S/c1-31(29,30)11-12-6-15(4-5-16(12)17-7-18(17)23)25-19-8-20(26-14-2-3-14)28-21(27-19)13(9-22)10-24-28/h4-6,8,10,14,17-18,26H,2-3,7,11,23H2,1H3,(H,25,27). The van der Waals surface area contributed by atoms with Crippen molar-refractivity contribution in [3.8, 4) is 6.07 Å². The lowest BCUT2D eigenvalue weighted by atomic mass is 10.0. The molecule has 2 unspecified atom stereocenters. The lowest BCUT2D eigenvalue weighted by Crippen LogP contribution is -2.10. The van der Waals surface area contributed by atoms with Crippen LogP contribution in [-0.2, 0) is 15.6 Å². The van der Waals surface area contributed by atoms with Gasteiger partial charge in [0.05, 0.1) is 11.9 Å². The maximum Gasteiger partial charge on any atom is 0.177 e. The molecule has 2 aliphatic carbocycles. The fraction of sp³-hybridized carbons (Fsp3) is 0.381. The van der Waals surface area contributed by atoms with Crippen molar-refractivity contribution < 1.29 is 8.42 Å². The molecule has 2 aromatic heterocycles. The fourth-order valence-electron chi connectivity index (χ4n) is 3.82. The van der Waals surface area contributed by atoms with Gasteiger partial charge in [-0.2, -0.15) is 14.9 Å². The van der Waals surface area contributed by atoms with E-state index in [1.165, 1.54) is 12.5 Å². The summed E-state index contributed by atoms with van der Waals surface area (Å²) in [5.41, 5.74) is 9.33. The molecule has 2 atom stereocenters. The van der Waals surface area contributed by atoms with Gasteiger partial charge in [-0.15, -0.1) is 0 Å². The van der Waals surface area contributed by atoms with Gasteiger partial charge in [0.15, 0.2) is 15.5 Å². The average molecular weight is 438 g/mol. The Kier molecular flexibility index (Phi) is 4.60. The smallest absolute Gasteiger partial charge is 0.177 e. The van der Waals surface area contributed by atoms with E-state index in [2.05, 4.69) is 26.8 Å². The number of anilines is 3. The number of hydrogen-bond donors (Lipinski definition) is 3. The molecule has 2 heterocycles. The quantitative estimate of drug-likeness (QED) is 0.512. The van der Waals surface area contributed by atoms with E-state index in [4.69, 9.17) is 5.73 Å². The number of aromatic nitrogens is 3. The molecule has 5 rings (SSSR count). The molecule has 1 aromatic carbocycles. The largest absolute Gasteiger partial charge is 0.367 e. The minimum atomic E-state index is -3.20. The van der Waals surface area contributed by atoms with E-state index in [0.29, 0.717) is 23.1 Å². The number of benzene rings is 1. The summed E-state index contributed by atoms with van der Waals surface area (Å²) in [6.45, 7) is 0. The van der Waals surface area contributed by atoms with Crippen LogP contribution in [0.15, 0.2) is 30.5 Å². The summed E-state index contributed by atoms with van der Waals surface area (Å²) in [4.78, 5) is 4.56. The maximum atomic E-state index is 12.0. The van der Waals surface area contributed by atoms with Crippen LogP contribution in [-0.4, -0.2) is 41.4 Å². The summed E-state index contributed by atoms with van der Waals surface area (Å²) in [5.74, 6) is 1.48. The molecule has 2 saturated carbocycles. The Bertz CT molecular complexity index is 1320. The van der Waals surface area contributed by atoms with E-state index in [9.17, 15) is 13.7 Å². The van der Waals surface area contributed by atoms with Gasteiger partial charge in [0.25, 0.3) is 0 Å². The Morgan fingerprint density at radius 3 is 2.74 bits per heavy atom. The second-order valence-corrected chi connectivity index (χ2v) is 10.6. The van der Waals surface area contributed by atoms with Crippen LogP contribution in [0, 0.1) is 11.3 Å². The van der Waals surface area contributed by atoms with E-state index in [1.807, 2.05) is 24.3 Å². The van der Waals surface area contributed by atoms with Crippen molar-refractivity contribution >= 4 is 32.8 Å². The van der Waals surface area contributed by atoms with E-state index < -0.39 is 9.84 Å². The molecule has 2 fully saturated rings. The van der Waals surface area contributed by atoms with E-state index in [1.54, 1.807) is 4.52 Å². The molecular formula is C21H23N7O2S. The topological polar surface area (TPSA) is 138 Å². The highest BCUT2D eigenvalue weighted by Gasteiger charge is 2.36. The van der Waals surface area contributed by atoms with Crippen LogP contribution >= 0.6 is 0 Å². The lowest BCUT2D eigenvalue weighted by molar-refractivity contribution is 0.601. The molecular weight excluding hydrogens is 414 g/mol. The molecule has 0 amide bonds. The number of nitrogens with two attached hydrogens (primary N) is 1. The van der Waals surface area contributed by atoms with Crippen molar-refractivity contribution in [2.75, 3.05) is 16.9 Å². The van der Waals surface area contributed by atoms with Crippen LogP contribution in [0.3, 0.4) is 0 Å². The Balaban J connectivity index is 1.51. The number of nitrogens with one attached hydrogen (secondary N) is 2. The Labute approximate surface area is 180 Å². The zero-order valence-corrected chi connectivity index (χ0v) is 17.9. The van der Waals surface area contributed by atoms with Gasteiger partial charge in [-0.25, -0.2) is 13.4 Å². The maximum absolute atomic E-state index is 12.0. The molecule has 0 spiro atoms. The van der Waals surface area contributed by atoms with Gasteiger partial charge in [0.2, 0.25) is 0 Å². The summed E-state index contributed by atoms with van der Waals surface area (Å²) in [5, 5.41) is 20.4. The first-order valence-electron chi connectivity index (χ1n) is 10.2. The first-order chi connectivity index (χ1) is 14.8. The zero-order valence-electron chi connectivity index (χ0n) is 17.0. The molecule has 160 valence electrons. The first kappa shape index (κ1) is 19.8. The number of sulfone groups is 1. The van der Waals surface area contributed by atoms with Crippen molar-refractivity contribution in [2.45, 2.75) is 43.0 Å². The molecule has 0 saturated heterocycles. The first-order valence-corrected chi connectivity index (χ1v) is 12.3. The van der Waals surface area contributed by atoms with Gasteiger partial charge in [0, 0.05) is 36.0 Å². The number of fused-ring (bicyclic) bond motifs is 1. The number of hydrogen-bond acceptors (Lipinski definition) is 8. The van der Waals surface area contributed by atoms with Crippen LogP contribution in [0.25, 0.3) is 5.65 Å². The van der Waals surface area contributed by atoms with Crippen molar-refractivity contribution in [2.24, 2.45) is 5.73 Å². The Morgan fingerprint density at radius 1 is 1.32 bits per heavy atom. The molecule has 0 bridgehead atoms. The highest BCUT2D eigenvalue weighted by Crippen LogP contribution is 2.42. The number of nitriles is 1. The normalized spacial score (nSPS) is 20.4. The molecule has 4 N–H and O–H groups in total. The van der Waals surface area contributed by atoms with Crippen LogP contribution in [0.4, 0.5) is 17.3 Å². The van der Waals surface area contributed by atoms with Crippen molar-refractivity contribution in [1.29, 1.82) is 5.26 Å². The number of nitrogens with zero attached hydrogens (tertiary/aromatic N) is 4. The Hall–Kier alpha value is -3.16. The van der Waals surface area contributed by atoms with Crippen molar-refractivity contribution in [1.82, 2.24) is 14.6 Å². The van der Waals surface area contributed by atoms with Crippen molar-refractivity contribution in [3.63, 3.8) is 0 Å². The summed E-state index contributed by atoms with van der Waals surface area (Å²) in [6, 6.07) is 10.2. The monoisotopic (exact) mass is 437 g/mol. The third kappa shape index (κ3) is 4.19. The third-order valence-electron chi connectivity index (χ3n) is 5.59. The van der Waals surface area contributed by atoms with E-state index in [-0.39, 0.29) is 17.7 Å². The van der Waals surface area contributed by atoms with E-state index in [0.717, 1.165) is 41.9 Å². The molecule has 9 nitrogen and oxygen atoms in total. The van der Waals surface area contributed by atoms with Crippen LogP contribution in [0.5, 0.6) is 0 Å². The van der Waals surface area contributed by atoms with Crippen LogP contribution in [0.2, 0.25) is 0 Å². The van der Waals surface area contributed by atoms with Gasteiger partial charge < -0.3 is 16.4 Å². The molecule has 10 heteroatoms. The molecule has 0 radical (unpaired) electrons. The summed E-state index contributed by atoms with van der Waals surface area (Å²) in [6.07, 6.45) is 5.80. The third-order valence-corrected chi connectivity index (χ3v) is 6.43. The zero-order chi connectivity index (χ0) is 21.8. The summed E-state index contributed by atoms with van der Waals surface area (Å²) in [7, 11) is -3.20. The van der Waals surface area contributed by atoms with Gasteiger partial charge in [-0.1, -0.05) is 6.07 Å². The second kappa shape index (κ2) is 7.21. The Morgan fingerprint density at radius 2 is 2.10 bits per heavy atom. The van der Waals surface area contributed by atoms with E-state index >= 15 is 0 Å². The molecule has 2 aliphatic rings. The minimum absolute atomic E-state index is 0.0385. The van der Waals surface area contributed by atoms with Crippen LogP contribution in [0.1, 0.15) is 41.9 Å². The highest BCUT2D eigenvalue weighted by molar-refractivity contribution is 7.89. The van der Waals surface area contributed by atoms with Gasteiger partial charge in [-0.05, 0) is 42.5 Å². The SMILES string of the molecule is CS(=O)(=O)Cc1cc(Nc2cc(NC3CC3)n3ncc(C#N)c3n2)ccc1C1CC1N. The fourth-order valence-corrected chi connectivity index (χ4v) is 4.63. The van der Waals surface area contributed by atoms with Gasteiger partial charge in [0.1, 0.15) is 23.3 Å². The van der Waals surface area contributed by atoms with Crippen LogP contribution < -0.4 is 16.4 Å². The average Bonchev–Trinajstić information content (AvgIpc) is 3.60. The predicted octanol–water partition coefficient (Wildman–Crippen LogP) is 2.28. The highest BCUT2D eigenvalue weighted by atomic mass is 32.2. The second-order valence-electron chi connectivity index (χ2n) is 8.47. The lowest BCUT2D eigenvalue weighted by Gasteiger charge is -2.14. The minimum Gasteiger partial charge on any atom is -0.367 e.